The van der Waals surface area contributed by atoms with Gasteiger partial charge >= 0.3 is 5.91 Å². The van der Waals surface area contributed by atoms with E-state index in [-0.39, 0.29) is 5.82 Å². The second-order valence-electron chi connectivity index (χ2n) is 6.48. The van der Waals surface area contributed by atoms with E-state index in [9.17, 15) is 10.0 Å². The highest BCUT2D eigenvalue weighted by atomic mass is 16.5. The smallest absolute Gasteiger partial charge is 0.350 e. The zero-order valence-corrected chi connectivity index (χ0v) is 15.0. The number of aromatic nitrogens is 2. The molecule has 138 valence electrons. The van der Waals surface area contributed by atoms with E-state index >= 15 is 0 Å². The first-order chi connectivity index (χ1) is 13.6. The molecule has 0 saturated heterocycles. The Morgan fingerprint density at radius 1 is 1.00 bits per heavy atom. The van der Waals surface area contributed by atoms with Crippen molar-refractivity contribution in [3.63, 3.8) is 0 Å². The molecule has 1 atom stereocenters. The summed E-state index contributed by atoms with van der Waals surface area (Å²) in [7, 11) is 0. The first kappa shape index (κ1) is 17.8. The minimum Gasteiger partial charge on any atom is -0.620 e. The zero-order valence-electron chi connectivity index (χ0n) is 15.0. The molecule has 0 radical (unpaired) electrons. The highest BCUT2D eigenvalue weighted by molar-refractivity contribution is 5.92. The minimum atomic E-state index is -0.646. The number of nitrogens with zero attached hydrogens (tertiary/aromatic N) is 2. The molecule has 4 aromatic rings. The number of fused-ring (bicyclic) bond motifs is 1. The van der Waals surface area contributed by atoms with Crippen LogP contribution in [0.2, 0.25) is 0 Å². The number of quaternary nitrogens is 1. The summed E-state index contributed by atoms with van der Waals surface area (Å²) >= 11 is 0. The molecule has 6 nitrogen and oxygen atoms in total. The topological polar surface area (TPSA) is 96.4 Å². The number of nitrogen functional groups attached to an aromatic ring is 1. The Labute approximate surface area is 161 Å². The van der Waals surface area contributed by atoms with E-state index in [2.05, 4.69) is 9.97 Å². The number of carbonyl (C=O) groups excluding carboxylic acids is 1. The number of hydroxylamine groups is 1. The third-order valence-electron chi connectivity index (χ3n) is 4.66. The number of amides is 1. The summed E-state index contributed by atoms with van der Waals surface area (Å²) in [6.45, 7) is 0. The maximum absolute atomic E-state index is 13.0. The lowest BCUT2D eigenvalue weighted by molar-refractivity contribution is -0.682. The lowest BCUT2D eigenvalue weighted by Gasteiger charge is -2.20. The standard InChI is InChI=1S/C22H18N4O2/c23-20-7-3-6-18(19(20)12-15-8-10-24-11-9-15)22(27)26(28)21-13-16-4-1-2-5-17(16)14-25-21/h1-11,13-14,26H,12,23H2. The summed E-state index contributed by atoms with van der Waals surface area (Å²) in [5.41, 5.74) is 8.49. The molecule has 28 heavy (non-hydrogen) atoms. The van der Waals surface area contributed by atoms with Crippen LogP contribution in [0.1, 0.15) is 21.5 Å². The third kappa shape index (κ3) is 3.46. The number of hydrogen-bond acceptors (Lipinski definition) is 5. The first-order valence-corrected chi connectivity index (χ1v) is 8.83. The van der Waals surface area contributed by atoms with Gasteiger partial charge in [-0.1, -0.05) is 30.3 Å². The third-order valence-corrected chi connectivity index (χ3v) is 4.66. The quantitative estimate of drug-likeness (QED) is 0.425. The molecular weight excluding hydrogens is 352 g/mol. The van der Waals surface area contributed by atoms with E-state index < -0.39 is 11.0 Å². The molecule has 2 heterocycles. The first-order valence-electron chi connectivity index (χ1n) is 8.83. The van der Waals surface area contributed by atoms with Crippen molar-refractivity contribution in [3.05, 3.63) is 101 Å². The molecule has 2 aromatic heterocycles. The van der Waals surface area contributed by atoms with E-state index in [1.165, 1.54) is 0 Å². The molecule has 0 fully saturated rings. The van der Waals surface area contributed by atoms with Gasteiger partial charge in [0.1, 0.15) is 0 Å². The molecule has 0 saturated carbocycles. The van der Waals surface area contributed by atoms with Gasteiger partial charge in [-0.25, -0.2) is 9.78 Å². The Balaban J connectivity index is 1.69. The molecule has 6 heteroatoms. The van der Waals surface area contributed by atoms with E-state index in [1.54, 1.807) is 42.9 Å². The number of anilines is 1. The van der Waals surface area contributed by atoms with E-state index in [0.29, 0.717) is 23.2 Å². The normalized spacial score (nSPS) is 12.0. The molecule has 4 rings (SSSR count). The molecule has 1 amide bonds. The van der Waals surface area contributed by atoms with Gasteiger partial charge in [0.15, 0.2) is 0 Å². The number of carbonyl (C=O) groups is 1. The van der Waals surface area contributed by atoms with Crippen molar-refractivity contribution < 1.29 is 9.86 Å². The predicted molar refractivity (Wildman–Crippen MR) is 108 cm³/mol. The zero-order chi connectivity index (χ0) is 19.5. The second-order valence-corrected chi connectivity index (χ2v) is 6.48. The summed E-state index contributed by atoms with van der Waals surface area (Å²) in [4.78, 5) is 21.2. The molecule has 0 spiro atoms. The monoisotopic (exact) mass is 370 g/mol. The highest BCUT2D eigenvalue weighted by Crippen LogP contribution is 2.21. The van der Waals surface area contributed by atoms with E-state index in [4.69, 9.17) is 5.73 Å². The Morgan fingerprint density at radius 2 is 1.75 bits per heavy atom. The fourth-order valence-corrected chi connectivity index (χ4v) is 3.17. The van der Waals surface area contributed by atoms with Crippen molar-refractivity contribution in [1.29, 1.82) is 0 Å². The second kappa shape index (κ2) is 7.56. The van der Waals surface area contributed by atoms with Crippen LogP contribution in [0.15, 0.2) is 79.3 Å². The number of benzene rings is 2. The Morgan fingerprint density at radius 3 is 2.54 bits per heavy atom. The summed E-state index contributed by atoms with van der Waals surface area (Å²) in [5.74, 6) is -0.486. The maximum atomic E-state index is 13.0. The lowest BCUT2D eigenvalue weighted by Crippen LogP contribution is -3.05. The summed E-state index contributed by atoms with van der Waals surface area (Å²) in [5, 5.41) is 14.0. The summed E-state index contributed by atoms with van der Waals surface area (Å²) < 4.78 is 0. The Hall–Kier alpha value is -3.61. The van der Waals surface area contributed by atoms with Crippen LogP contribution in [0.25, 0.3) is 10.8 Å². The lowest BCUT2D eigenvalue weighted by atomic mass is 9.98. The largest absolute Gasteiger partial charge is 0.620 e. The van der Waals surface area contributed by atoms with Gasteiger partial charge in [0.05, 0.1) is 5.56 Å². The van der Waals surface area contributed by atoms with Gasteiger partial charge in [0.2, 0.25) is 5.82 Å². The van der Waals surface area contributed by atoms with Crippen LogP contribution < -0.4 is 10.8 Å². The molecule has 3 N–H and O–H groups in total. The van der Waals surface area contributed by atoms with Gasteiger partial charge < -0.3 is 10.9 Å². The Kier molecular flexibility index (Phi) is 4.80. The SMILES string of the molecule is Nc1cccc(C(=O)[NH+]([O-])c2cc3ccccc3cn2)c1Cc1ccncc1. The summed E-state index contributed by atoms with van der Waals surface area (Å²) in [6, 6.07) is 18.0. The van der Waals surface area contributed by atoms with Crippen molar-refractivity contribution in [2.75, 3.05) is 5.73 Å². The van der Waals surface area contributed by atoms with Crippen molar-refractivity contribution in [2.45, 2.75) is 6.42 Å². The van der Waals surface area contributed by atoms with E-state index in [1.807, 2.05) is 36.4 Å². The predicted octanol–water partition coefficient (Wildman–Crippen LogP) is 2.66. The van der Waals surface area contributed by atoms with Crippen molar-refractivity contribution in [3.8, 4) is 0 Å². The van der Waals surface area contributed by atoms with Crippen molar-refractivity contribution in [2.24, 2.45) is 0 Å². The van der Waals surface area contributed by atoms with Crippen LogP contribution in [0.4, 0.5) is 11.5 Å². The number of nitrogens with one attached hydrogen (secondary N) is 1. The number of pyridine rings is 2. The van der Waals surface area contributed by atoms with Crippen LogP contribution in [0.5, 0.6) is 0 Å². The van der Waals surface area contributed by atoms with Crippen LogP contribution in [0, 0.1) is 5.21 Å². The molecule has 0 aliphatic heterocycles. The van der Waals surface area contributed by atoms with Crippen LogP contribution in [-0.4, -0.2) is 15.9 Å². The molecule has 2 aromatic carbocycles. The summed E-state index contributed by atoms with van der Waals surface area (Å²) in [6.07, 6.45) is 5.40. The average molecular weight is 370 g/mol. The van der Waals surface area contributed by atoms with Gasteiger partial charge in [0.25, 0.3) is 0 Å². The molecule has 0 bridgehead atoms. The van der Waals surface area contributed by atoms with E-state index in [0.717, 1.165) is 16.3 Å². The van der Waals surface area contributed by atoms with Gasteiger partial charge in [0, 0.05) is 42.2 Å². The number of rotatable bonds is 4. The van der Waals surface area contributed by atoms with Crippen LogP contribution in [0.3, 0.4) is 0 Å². The van der Waals surface area contributed by atoms with Gasteiger partial charge in [-0.2, -0.15) is 0 Å². The number of hydrogen-bond donors (Lipinski definition) is 2. The molecule has 1 unspecified atom stereocenters. The fraction of sp³-hybridized carbons (Fsp3) is 0.0455. The number of nitrogens with two attached hydrogens (primary N) is 1. The average Bonchev–Trinajstić information content (AvgIpc) is 2.74. The fourth-order valence-electron chi connectivity index (χ4n) is 3.17. The van der Waals surface area contributed by atoms with Gasteiger partial charge in [-0.3, -0.25) is 10.0 Å². The Bertz CT molecular complexity index is 1150. The van der Waals surface area contributed by atoms with Gasteiger partial charge in [-0.15, -0.1) is 0 Å². The van der Waals surface area contributed by atoms with Crippen molar-refractivity contribution in [1.82, 2.24) is 9.97 Å². The molecule has 0 aliphatic rings. The van der Waals surface area contributed by atoms with Crippen LogP contribution in [-0.2, 0) is 6.42 Å². The maximum Gasteiger partial charge on any atom is 0.350 e. The van der Waals surface area contributed by atoms with Crippen LogP contribution >= 0.6 is 0 Å². The minimum absolute atomic E-state index is 0.126. The van der Waals surface area contributed by atoms with Crippen molar-refractivity contribution >= 4 is 28.2 Å². The highest BCUT2D eigenvalue weighted by Gasteiger charge is 2.22. The molecular formula is C22H18N4O2. The molecule has 0 aliphatic carbocycles. The van der Waals surface area contributed by atoms with Gasteiger partial charge in [-0.05, 0) is 40.8 Å².